The van der Waals surface area contributed by atoms with Crippen LogP contribution in [0.3, 0.4) is 0 Å². The predicted molar refractivity (Wildman–Crippen MR) is 282 cm³/mol. The number of fused-ring (bicyclic) bond motifs is 2. The van der Waals surface area contributed by atoms with Crippen LogP contribution in [-0.2, 0) is 60.2 Å². The SMILES string of the molecule is CNC(=O)O[C@H]1[C@@H](O)[C@H](O)[C@@H](CO)C[C@@H]1OCCOCCCC(=O)CCCCC[N+]1=C(C=CC=CC=C2N(CCCCS(=O)(=O)O)c3ccccc3C2(C)CCCCS(=O)(=O)O)C(C)(C)c2cc(S(=O)(=O)O)ccc21. The molecule has 23 heteroatoms. The number of carbonyl (C=O) groups is 2. The fourth-order valence-corrected chi connectivity index (χ4v) is 12.0. The molecule has 2 aromatic rings. The Morgan fingerprint density at radius 3 is 2.17 bits per heavy atom. The highest BCUT2D eigenvalue weighted by Gasteiger charge is 2.47. The van der Waals surface area contributed by atoms with Gasteiger partial charge in [-0.15, -0.1) is 0 Å². The third-order valence-corrected chi connectivity index (χ3v) is 16.8. The van der Waals surface area contributed by atoms with Gasteiger partial charge in [-0.2, -0.15) is 29.8 Å². The molecule has 2 heterocycles. The van der Waals surface area contributed by atoms with Crippen LogP contribution in [-0.4, -0.2) is 159 Å². The van der Waals surface area contributed by atoms with E-state index in [1.165, 1.54) is 19.2 Å². The molecule has 6 atom stereocenters. The third kappa shape index (κ3) is 17.0. The lowest BCUT2D eigenvalue weighted by Gasteiger charge is -2.41. The highest BCUT2D eigenvalue weighted by molar-refractivity contribution is 7.86. The Bertz CT molecular complexity index is 2760. The van der Waals surface area contributed by atoms with Crippen LogP contribution in [0.4, 0.5) is 16.2 Å². The number of hydrogen-bond acceptors (Lipinski definition) is 15. The summed E-state index contributed by atoms with van der Waals surface area (Å²) in [6, 6.07) is 12.4. The first-order chi connectivity index (χ1) is 35.3. The first kappa shape index (κ1) is 61.5. The van der Waals surface area contributed by atoms with Crippen LogP contribution in [0.15, 0.2) is 83.4 Å². The molecule has 2 aliphatic heterocycles. The Labute approximate surface area is 441 Å². The molecule has 1 saturated carbocycles. The number of para-hydroxylation sites is 1. The minimum atomic E-state index is -4.49. The summed E-state index contributed by atoms with van der Waals surface area (Å²) in [7, 11) is -11.4. The number of aliphatic hydroxyl groups is 3. The predicted octanol–water partition coefficient (Wildman–Crippen LogP) is 5.58. The van der Waals surface area contributed by atoms with Gasteiger partial charge in [0, 0.05) is 86.5 Å². The number of carbonyl (C=O) groups excluding carboxylic acids is 2. The quantitative estimate of drug-likeness (QED) is 0.0217. The number of Topliss-reactive ketones (excluding diaryl/α,β-unsaturated/α-hetero) is 1. The molecule has 0 aromatic heterocycles. The van der Waals surface area contributed by atoms with Crippen molar-refractivity contribution >= 4 is 59.3 Å². The molecule has 20 nitrogen and oxygen atoms in total. The number of alkyl carbamates (subject to hydrolysis) is 1. The van der Waals surface area contributed by atoms with Crippen LogP contribution in [0.1, 0.15) is 109 Å². The number of benzene rings is 2. The molecule has 0 saturated heterocycles. The van der Waals surface area contributed by atoms with Crippen LogP contribution < -0.4 is 10.2 Å². The van der Waals surface area contributed by atoms with E-state index in [2.05, 4.69) is 21.7 Å². The molecule has 1 fully saturated rings. The molecule has 3 aliphatic rings. The molecular weight excluding hydrogens is 1030 g/mol. The molecule has 2 aromatic carbocycles. The lowest BCUT2D eigenvalue weighted by molar-refractivity contribution is -0.438. The summed E-state index contributed by atoms with van der Waals surface area (Å²) < 4.78 is 118. The number of hydrogen-bond donors (Lipinski definition) is 7. The van der Waals surface area contributed by atoms with Crippen LogP contribution in [0, 0.1) is 5.92 Å². The van der Waals surface area contributed by atoms with Gasteiger partial charge in [-0.05, 0) is 102 Å². The first-order valence-corrected chi connectivity index (χ1v) is 30.1. The van der Waals surface area contributed by atoms with Gasteiger partial charge >= 0.3 is 6.09 Å². The number of ether oxygens (including phenoxy) is 3. The van der Waals surface area contributed by atoms with E-state index in [-0.39, 0.29) is 61.3 Å². The Morgan fingerprint density at radius 2 is 1.49 bits per heavy atom. The topological polar surface area (TPSA) is 304 Å². The molecule has 1 amide bonds. The second-order valence-corrected chi connectivity index (χ2v) is 24.7. The van der Waals surface area contributed by atoms with Gasteiger partial charge in [0.05, 0.1) is 47.2 Å². The number of amides is 1. The molecule has 418 valence electrons. The standard InChI is InChI=1S/C52H75N3O17S3/c1-51(2)41-35-39(75(67,68)69)24-25-43(41)54(27-13-6-7-18-38(57)19-17-29-70-30-31-71-44-34-37(36-56)47(58)48(59)49(44)72-50(60)53-4)45(51)22-8-5-9-23-46-52(3,26-12-15-32-73(61,62)63)40-20-10-11-21-42(40)55(46)28-14-16-33-74(64,65)66/h5,8-11,20-25,35,37,44,47-49,56,58-59H,6-7,12-19,26-34,36H2,1-4H3,(H3-,53,60,61,62,63,64,65,66,67,68,69)/p+1/t37-,44+,47-,48+,49-,52?/m1/s1. The van der Waals surface area contributed by atoms with Gasteiger partial charge in [-0.1, -0.05) is 42.8 Å². The Morgan fingerprint density at radius 1 is 0.800 bits per heavy atom. The van der Waals surface area contributed by atoms with Crippen molar-refractivity contribution in [3.8, 4) is 0 Å². The van der Waals surface area contributed by atoms with E-state index in [4.69, 9.17) is 14.2 Å². The maximum Gasteiger partial charge on any atom is 0.407 e. The van der Waals surface area contributed by atoms with Gasteiger partial charge in [0.1, 0.15) is 18.4 Å². The Kier molecular flexibility index (Phi) is 22.3. The number of ketones is 1. The Balaban J connectivity index is 1.21. The van der Waals surface area contributed by atoms with Gasteiger partial charge in [0.15, 0.2) is 11.8 Å². The largest absolute Gasteiger partial charge is 0.441 e. The Hall–Kier alpha value is -4.40. The highest BCUT2D eigenvalue weighted by atomic mass is 32.2. The number of nitrogens with one attached hydrogen (secondary N) is 1. The molecule has 1 unspecified atom stereocenters. The number of anilines is 1. The van der Waals surface area contributed by atoms with Crippen LogP contribution >= 0.6 is 0 Å². The molecule has 5 rings (SSSR count). The number of rotatable bonds is 30. The molecule has 7 N–H and O–H groups in total. The average Bonchev–Trinajstić information content (AvgIpc) is 3.70. The van der Waals surface area contributed by atoms with Crippen molar-refractivity contribution in [1.29, 1.82) is 0 Å². The van der Waals surface area contributed by atoms with E-state index in [9.17, 15) is 63.8 Å². The zero-order valence-electron chi connectivity index (χ0n) is 43.3. The molecule has 1 aliphatic carbocycles. The van der Waals surface area contributed by atoms with Crippen LogP contribution in [0.2, 0.25) is 0 Å². The molecule has 0 spiro atoms. The van der Waals surface area contributed by atoms with E-state index >= 15 is 0 Å². The summed E-state index contributed by atoms with van der Waals surface area (Å²) in [6.07, 6.45) is 9.56. The maximum absolute atomic E-state index is 12.8. The molecular formula is C52H76N3O17S3+. The van der Waals surface area contributed by atoms with Gasteiger partial charge in [-0.3, -0.25) is 18.5 Å². The van der Waals surface area contributed by atoms with Crippen molar-refractivity contribution in [2.45, 2.75) is 138 Å². The van der Waals surface area contributed by atoms with Crippen molar-refractivity contribution < 1.29 is 82.6 Å². The van der Waals surface area contributed by atoms with E-state index in [1.54, 1.807) is 6.07 Å². The van der Waals surface area contributed by atoms with Crippen molar-refractivity contribution in [3.63, 3.8) is 0 Å². The van der Waals surface area contributed by atoms with Crippen molar-refractivity contribution in [2.75, 3.05) is 63.0 Å². The number of allylic oxidation sites excluding steroid dienone is 6. The fraction of sp³-hybridized carbons (Fsp3) is 0.596. The summed E-state index contributed by atoms with van der Waals surface area (Å²) in [5.74, 6) is -1.30. The maximum atomic E-state index is 12.8. The summed E-state index contributed by atoms with van der Waals surface area (Å²) in [6.45, 7) is 7.21. The van der Waals surface area contributed by atoms with Gasteiger partial charge in [0.25, 0.3) is 30.4 Å². The summed E-state index contributed by atoms with van der Waals surface area (Å²) in [5, 5.41) is 32.8. The lowest BCUT2D eigenvalue weighted by Crippen LogP contribution is -2.57. The number of unbranched alkanes of at least 4 members (excludes halogenated alkanes) is 4. The second-order valence-electron chi connectivity index (χ2n) is 20.1. The lowest BCUT2D eigenvalue weighted by atomic mass is 9.77. The number of nitrogens with zero attached hydrogens (tertiary/aromatic N) is 2. The molecule has 0 bridgehead atoms. The van der Waals surface area contributed by atoms with E-state index in [0.717, 1.165) is 34.8 Å². The first-order valence-electron chi connectivity index (χ1n) is 25.5. The summed E-state index contributed by atoms with van der Waals surface area (Å²) in [5.41, 5.74) is 3.97. The van der Waals surface area contributed by atoms with Crippen LogP contribution in [0.25, 0.3) is 0 Å². The van der Waals surface area contributed by atoms with E-state index in [1.807, 2.05) is 68.5 Å². The zero-order valence-corrected chi connectivity index (χ0v) is 45.7. The molecule has 0 radical (unpaired) electrons. The van der Waals surface area contributed by atoms with E-state index < -0.39 is 77.6 Å². The van der Waals surface area contributed by atoms with Crippen LogP contribution in [0.5, 0.6) is 0 Å². The summed E-state index contributed by atoms with van der Waals surface area (Å²) >= 11 is 0. The number of aliphatic hydroxyl groups excluding tert-OH is 3. The van der Waals surface area contributed by atoms with Crippen molar-refractivity contribution in [2.24, 2.45) is 5.92 Å². The fourth-order valence-electron chi connectivity index (χ4n) is 10.3. The van der Waals surface area contributed by atoms with Gasteiger partial charge in [0.2, 0.25) is 5.69 Å². The third-order valence-electron chi connectivity index (χ3n) is 14.3. The second kappa shape index (κ2) is 27.3. The minimum absolute atomic E-state index is 0.0896. The highest BCUT2D eigenvalue weighted by Crippen LogP contribution is 2.51. The molecule has 75 heavy (non-hydrogen) atoms. The van der Waals surface area contributed by atoms with Crippen molar-refractivity contribution in [1.82, 2.24) is 5.32 Å². The van der Waals surface area contributed by atoms with E-state index in [0.29, 0.717) is 76.6 Å². The van der Waals surface area contributed by atoms with Gasteiger partial charge in [-0.25, -0.2) is 4.79 Å². The zero-order chi connectivity index (χ0) is 55.2. The normalized spacial score (nSPS) is 23.4. The van der Waals surface area contributed by atoms with Gasteiger partial charge < -0.3 is 39.7 Å². The smallest absolute Gasteiger partial charge is 0.407 e. The minimum Gasteiger partial charge on any atom is -0.441 e. The summed E-state index contributed by atoms with van der Waals surface area (Å²) in [4.78, 5) is 26.6. The monoisotopic (exact) mass is 1110 g/mol. The average molecular weight is 1110 g/mol. The van der Waals surface area contributed by atoms with Crippen molar-refractivity contribution in [3.05, 3.63) is 89.7 Å².